The lowest BCUT2D eigenvalue weighted by Crippen LogP contribution is -2.19. The van der Waals surface area contributed by atoms with Crippen molar-refractivity contribution in [3.8, 4) is 77.9 Å². The van der Waals surface area contributed by atoms with Gasteiger partial charge in [0.15, 0.2) is 0 Å². The first-order chi connectivity index (χ1) is 45.6. The maximum absolute atomic E-state index is 7.10. The Labute approximate surface area is 546 Å². The highest BCUT2D eigenvalue weighted by molar-refractivity contribution is 6.21. The summed E-state index contributed by atoms with van der Waals surface area (Å²) < 4.78 is 20.6. The fourth-order valence-corrected chi connectivity index (χ4v) is 17.9. The van der Waals surface area contributed by atoms with E-state index in [1.165, 1.54) is 122 Å². The molecule has 0 radical (unpaired) electrons. The second-order valence-corrected chi connectivity index (χ2v) is 29.0. The zero-order chi connectivity index (χ0) is 63.1. The third-order valence-corrected chi connectivity index (χ3v) is 22.7. The Balaban J connectivity index is 0.792. The van der Waals surface area contributed by atoms with Crippen molar-refractivity contribution in [1.29, 1.82) is 0 Å². The summed E-state index contributed by atoms with van der Waals surface area (Å²) in [4.78, 5) is 2.56. The van der Waals surface area contributed by atoms with Gasteiger partial charge in [0.1, 0.15) is 33.5 Å². The van der Waals surface area contributed by atoms with Crippen LogP contribution in [0.3, 0.4) is 0 Å². The van der Waals surface area contributed by atoms with Crippen molar-refractivity contribution in [2.24, 2.45) is 0 Å². The van der Waals surface area contributed by atoms with Crippen LogP contribution in [0.25, 0.3) is 144 Å². The first kappa shape index (κ1) is 53.7. The highest BCUT2D eigenvalue weighted by Crippen LogP contribution is 2.62. The van der Waals surface area contributed by atoms with Gasteiger partial charge in [0.05, 0.1) is 0 Å². The Kier molecular flexibility index (Phi) is 10.5. The second kappa shape index (κ2) is 18.4. The molecule has 16 aromatic rings. The van der Waals surface area contributed by atoms with E-state index in [1.54, 1.807) is 0 Å². The fourth-order valence-electron chi connectivity index (χ4n) is 17.9. The molecule has 0 N–H and O–H groups in total. The highest BCUT2D eigenvalue weighted by atomic mass is 16.3. The van der Waals surface area contributed by atoms with E-state index in [1.807, 2.05) is 0 Å². The number of furan rings is 3. The lowest BCUT2D eigenvalue weighted by Gasteiger charge is -2.31. The summed E-state index contributed by atoms with van der Waals surface area (Å²) in [5.41, 5.74) is 35.2. The first-order valence-corrected chi connectivity index (χ1v) is 33.2. The smallest absolute Gasteiger partial charge is 0.143 e. The fraction of sp³-hybridized carbons (Fsp3) is 0.133. The summed E-state index contributed by atoms with van der Waals surface area (Å²) in [6, 6.07) is 92.5. The van der Waals surface area contributed by atoms with Crippen LogP contribution in [-0.4, -0.2) is 0 Å². The largest absolute Gasteiger partial charge is 0.456 e. The molecule has 0 bridgehead atoms. The van der Waals surface area contributed by atoms with Gasteiger partial charge in [0.25, 0.3) is 0 Å². The Morgan fingerprint density at radius 1 is 0.234 bits per heavy atom. The van der Waals surface area contributed by atoms with E-state index in [4.69, 9.17) is 13.3 Å². The van der Waals surface area contributed by atoms with Gasteiger partial charge in [0.2, 0.25) is 0 Å². The molecule has 3 aromatic heterocycles. The average Bonchev–Trinajstić information content (AvgIpc) is 1.55. The molecular formula is C90H65NO3. The van der Waals surface area contributed by atoms with E-state index in [0.717, 1.165) is 83.6 Å². The summed E-state index contributed by atoms with van der Waals surface area (Å²) in [6.45, 7) is 19.4. The summed E-state index contributed by atoms with van der Waals surface area (Å²) >= 11 is 0. The van der Waals surface area contributed by atoms with E-state index in [0.29, 0.717) is 0 Å². The summed E-state index contributed by atoms with van der Waals surface area (Å²) in [7, 11) is 0. The second-order valence-electron chi connectivity index (χ2n) is 29.0. The van der Waals surface area contributed by atoms with Crippen LogP contribution in [0.5, 0.6) is 0 Å². The minimum Gasteiger partial charge on any atom is -0.456 e. The number of hydrogen-bond acceptors (Lipinski definition) is 4. The van der Waals surface area contributed by atoms with Crippen molar-refractivity contribution in [1.82, 2.24) is 0 Å². The number of nitrogens with zero attached hydrogens (tertiary/aromatic N) is 1. The van der Waals surface area contributed by atoms with Crippen molar-refractivity contribution >= 4 is 82.9 Å². The number of rotatable bonds is 6. The monoisotopic (exact) mass is 1210 g/mol. The van der Waals surface area contributed by atoms with Gasteiger partial charge in [-0.25, -0.2) is 0 Å². The number of para-hydroxylation sites is 3. The minimum absolute atomic E-state index is 0.220. The molecule has 0 amide bonds. The van der Waals surface area contributed by atoms with Gasteiger partial charge in [-0.15, -0.1) is 0 Å². The van der Waals surface area contributed by atoms with Gasteiger partial charge in [-0.05, 0) is 196 Å². The van der Waals surface area contributed by atoms with Crippen molar-refractivity contribution in [3.05, 3.63) is 293 Å². The zero-order valence-corrected chi connectivity index (χ0v) is 53.8. The average molecular weight is 1210 g/mol. The van der Waals surface area contributed by atoms with Crippen LogP contribution in [0.4, 0.5) is 17.1 Å². The van der Waals surface area contributed by atoms with E-state index >= 15 is 0 Å². The molecule has 0 fully saturated rings. The molecule has 4 aliphatic carbocycles. The standard InChI is InChI=1S/C90H65NO3/c1-87(2)67-41-42-78-82(60-29-17-20-32-75(60)92-78)81(67)66-49-71-64(47-72(66)87)57-38-35-52(43-68(57)88(71,3)4)91(53-36-39-58-69(44-53)89(5,6)73-46-63(51-25-13-10-14-26-51)85-83(79(58)73)61-30-18-21-33-76(61)93-85)54-37-40-59-70(45-54)90(7,8)74-48-65(56-28-16-15-27-55(56)50-23-11-9-12-24-50)86-84(80(59)74)62-31-19-22-34-77(62)94-86/h9-49H,1-8H3. The molecule has 4 heteroatoms. The van der Waals surface area contributed by atoms with Crippen LogP contribution in [0.2, 0.25) is 0 Å². The molecular weight excluding hydrogens is 1140 g/mol. The highest BCUT2D eigenvalue weighted by Gasteiger charge is 2.45. The van der Waals surface area contributed by atoms with Gasteiger partial charge in [-0.2, -0.15) is 0 Å². The van der Waals surface area contributed by atoms with Crippen LogP contribution in [0, 0.1) is 0 Å². The molecule has 3 heterocycles. The Morgan fingerprint density at radius 2 is 0.617 bits per heavy atom. The zero-order valence-electron chi connectivity index (χ0n) is 53.8. The van der Waals surface area contributed by atoms with Crippen LogP contribution in [0.1, 0.15) is 99.9 Å². The van der Waals surface area contributed by atoms with Crippen molar-refractivity contribution < 1.29 is 13.3 Å². The van der Waals surface area contributed by atoms with Crippen molar-refractivity contribution in [2.75, 3.05) is 4.90 Å². The maximum Gasteiger partial charge on any atom is 0.143 e. The quantitative estimate of drug-likeness (QED) is 0.166. The molecule has 0 unspecified atom stereocenters. The molecule has 0 saturated carbocycles. The SMILES string of the molecule is CC1(C)c2cc(N(c3ccc4c(c3)C(C)(C)c3cc(-c5ccccc5)c5oc6ccccc6c5c3-4)c3ccc4c(c3)C(C)(C)c3cc(-c5ccccc5-c5ccccc5)c5oc6ccccc6c5c3-4)ccc2-c2cc3c(cc21)-c1c(ccc2oc4ccccc4c12)C3(C)C. The van der Waals surface area contributed by atoms with Gasteiger partial charge < -0.3 is 18.2 Å². The van der Waals surface area contributed by atoms with E-state index < -0.39 is 5.41 Å². The Bertz CT molecular complexity index is 6040. The molecule has 4 aliphatic rings. The predicted molar refractivity (Wildman–Crippen MR) is 390 cm³/mol. The molecule has 0 atom stereocenters. The third-order valence-electron chi connectivity index (χ3n) is 22.7. The van der Waals surface area contributed by atoms with Crippen molar-refractivity contribution in [3.63, 3.8) is 0 Å². The first-order valence-electron chi connectivity index (χ1n) is 33.2. The summed E-state index contributed by atoms with van der Waals surface area (Å²) in [5.74, 6) is 0. The van der Waals surface area contributed by atoms with Crippen LogP contribution in [-0.2, 0) is 21.7 Å². The molecule has 4 nitrogen and oxygen atoms in total. The normalized spacial score (nSPS) is 15.4. The molecule has 448 valence electrons. The lowest BCUT2D eigenvalue weighted by atomic mass is 9.79. The molecule has 20 rings (SSSR count). The topological polar surface area (TPSA) is 42.7 Å². The van der Waals surface area contributed by atoms with Gasteiger partial charge in [0, 0.05) is 82.2 Å². The number of hydrogen-bond donors (Lipinski definition) is 0. The van der Waals surface area contributed by atoms with Gasteiger partial charge in [-0.1, -0.05) is 219 Å². The lowest BCUT2D eigenvalue weighted by molar-refractivity contribution is 0.650. The van der Waals surface area contributed by atoms with E-state index in [-0.39, 0.29) is 16.2 Å². The van der Waals surface area contributed by atoms with E-state index in [2.05, 4.69) is 309 Å². The molecule has 13 aromatic carbocycles. The number of fused-ring (bicyclic) bond motifs is 24. The third kappa shape index (κ3) is 6.97. The number of anilines is 3. The minimum atomic E-state index is -0.408. The number of benzene rings is 13. The molecule has 0 aliphatic heterocycles. The Morgan fingerprint density at radius 3 is 1.19 bits per heavy atom. The molecule has 0 saturated heterocycles. The molecule has 0 spiro atoms. The van der Waals surface area contributed by atoms with Crippen LogP contribution in [0.15, 0.2) is 262 Å². The molecule has 94 heavy (non-hydrogen) atoms. The predicted octanol–water partition coefficient (Wildman–Crippen LogP) is 25.1. The van der Waals surface area contributed by atoms with Crippen LogP contribution >= 0.6 is 0 Å². The van der Waals surface area contributed by atoms with Gasteiger partial charge in [-0.3, -0.25) is 0 Å². The van der Waals surface area contributed by atoms with Gasteiger partial charge >= 0.3 is 0 Å². The summed E-state index contributed by atoms with van der Waals surface area (Å²) in [5, 5.41) is 6.99. The van der Waals surface area contributed by atoms with Crippen molar-refractivity contribution in [2.45, 2.75) is 77.0 Å². The van der Waals surface area contributed by atoms with E-state index in [9.17, 15) is 0 Å². The van der Waals surface area contributed by atoms with Crippen LogP contribution < -0.4 is 4.90 Å². The Hall–Kier alpha value is -10.9. The maximum atomic E-state index is 7.10. The summed E-state index contributed by atoms with van der Waals surface area (Å²) in [6.07, 6.45) is 0.